The molecule has 30 heavy (non-hydrogen) atoms. The van der Waals surface area contributed by atoms with Crippen molar-refractivity contribution in [3.63, 3.8) is 0 Å². The molecule has 9 heteroatoms. The van der Waals surface area contributed by atoms with Crippen LogP contribution in [0.4, 0.5) is 0 Å². The minimum atomic E-state index is -3.49. The van der Waals surface area contributed by atoms with Gasteiger partial charge >= 0.3 is 0 Å². The van der Waals surface area contributed by atoms with Crippen molar-refractivity contribution in [1.29, 1.82) is 0 Å². The minimum absolute atomic E-state index is 0.0302. The van der Waals surface area contributed by atoms with Crippen LogP contribution in [0, 0.1) is 0 Å². The molecule has 0 N–H and O–H groups in total. The summed E-state index contributed by atoms with van der Waals surface area (Å²) in [5, 5.41) is 6.36. The molecule has 1 aromatic carbocycles. The number of ketones is 1. The lowest BCUT2D eigenvalue weighted by molar-refractivity contribution is -0.118. The highest BCUT2D eigenvalue weighted by Gasteiger charge is 2.18. The number of carbonyl (C=O) groups is 1. The van der Waals surface area contributed by atoms with Crippen LogP contribution in [0.15, 0.2) is 65.0 Å². The summed E-state index contributed by atoms with van der Waals surface area (Å²) in [5.74, 6) is 0.277. The number of sulfone groups is 1. The average Bonchev–Trinajstić information content (AvgIpc) is 3.44. The van der Waals surface area contributed by atoms with Crippen molar-refractivity contribution in [2.45, 2.75) is 31.6 Å². The first-order chi connectivity index (χ1) is 14.5. The van der Waals surface area contributed by atoms with Gasteiger partial charge in [0.1, 0.15) is 5.78 Å². The normalized spacial score (nSPS) is 11.1. The van der Waals surface area contributed by atoms with Gasteiger partial charge in [-0.1, -0.05) is 38.1 Å². The zero-order chi connectivity index (χ0) is 21.6. The van der Waals surface area contributed by atoms with Crippen LogP contribution in [0.1, 0.15) is 26.1 Å². The molecule has 0 radical (unpaired) electrons. The van der Waals surface area contributed by atoms with Gasteiger partial charge in [-0.2, -0.15) is 9.50 Å². The van der Waals surface area contributed by atoms with Crippen LogP contribution in [0.25, 0.3) is 16.3 Å². The number of carbonyl (C=O) groups excluding carboxylic acids is 1. The first-order valence-electron chi connectivity index (χ1n) is 9.57. The highest BCUT2D eigenvalue weighted by molar-refractivity contribution is 7.91. The zero-order valence-electron chi connectivity index (χ0n) is 16.7. The minimum Gasteiger partial charge on any atom is -0.299 e. The molecule has 0 atom stereocenters. The van der Waals surface area contributed by atoms with Gasteiger partial charge < -0.3 is 0 Å². The van der Waals surface area contributed by atoms with E-state index in [9.17, 15) is 13.2 Å². The summed E-state index contributed by atoms with van der Waals surface area (Å²) >= 11 is 1.57. The van der Waals surface area contributed by atoms with Gasteiger partial charge in [-0.05, 0) is 29.6 Å². The first-order valence-corrected chi connectivity index (χ1v) is 12.1. The van der Waals surface area contributed by atoms with Crippen LogP contribution < -0.4 is 0 Å². The van der Waals surface area contributed by atoms with Gasteiger partial charge in [-0.15, -0.1) is 16.4 Å². The monoisotopic (exact) mass is 442 g/mol. The largest absolute Gasteiger partial charge is 0.299 e. The Morgan fingerprint density at radius 1 is 1.07 bits per heavy atom. The molecule has 0 saturated heterocycles. The maximum Gasteiger partial charge on any atom is 0.252 e. The molecule has 3 heterocycles. The van der Waals surface area contributed by atoms with Gasteiger partial charge in [0, 0.05) is 12.6 Å². The van der Waals surface area contributed by atoms with E-state index in [4.69, 9.17) is 0 Å². The number of hydrogen-bond acceptors (Lipinski definition) is 7. The Bertz CT molecular complexity index is 1220. The number of thiophene rings is 1. The van der Waals surface area contributed by atoms with Crippen molar-refractivity contribution >= 4 is 32.7 Å². The fourth-order valence-electron chi connectivity index (χ4n) is 2.78. The van der Waals surface area contributed by atoms with E-state index in [1.165, 1.54) is 12.1 Å². The van der Waals surface area contributed by atoms with Crippen LogP contribution >= 0.6 is 11.3 Å². The molecule has 0 amide bonds. The van der Waals surface area contributed by atoms with E-state index in [1.807, 2.05) is 37.4 Å². The molecule has 156 valence electrons. The molecule has 4 rings (SSSR count). The number of fused-ring (bicyclic) bond motifs is 1. The van der Waals surface area contributed by atoms with E-state index in [-0.39, 0.29) is 29.3 Å². The Kier molecular flexibility index (Phi) is 7.07. The average molecular weight is 443 g/mol. The number of hydrogen-bond donors (Lipinski definition) is 0. The second kappa shape index (κ2) is 9.73. The summed E-state index contributed by atoms with van der Waals surface area (Å²) in [6.45, 7) is 4.00. The van der Waals surface area contributed by atoms with Gasteiger partial charge in [0.15, 0.2) is 15.7 Å². The number of Topliss-reactive ketones (excluding diaryl/α,β-unsaturated/α-hetero) is 1. The molecule has 0 fully saturated rings. The number of rotatable bonds is 7. The lowest BCUT2D eigenvalue weighted by atomic mass is 10.2. The lowest BCUT2D eigenvalue weighted by Gasteiger charge is -2.03. The molecule has 4 aromatic rings. The predicted molar refractivity (Wildman–Crippen MR) is 117 cm³/mol. The molecule has 0 aliphatic heterocycles. The van der Waals surface area contributed by atoms with Crippen LogP contribution in [0.5, 0.6) is 0 Å². The van der Waals surface area contributed by atoms with Crippen molar-refractivity contribution in [2.24, 2.45) is 0 Å². The molecular formula is C21H22N4O3S2. The van der Waals surface area contributed by atoms with E-state index in [1.54, 1.807) is 40.2 Å². The summed E-state index contributed by atoms with van der Waals surface area (Å²) in [7, 11) is -3.49. The number of nitrogens with zero attached hydrogens (tertiary/aromatic N) is 4. The molecule has 0 unspecified atom stereocenters. The lowest BCUT2D eigenvalue weighted by Crippen LogP contribution is -2.13. The van der Waals surface area contributed by atoms with E-state index < -0.39 is 9.84 Å². The first kappa shape index (κ1) is 21.8. The third-order valence-electron chi connectivity index (χ3n) is 4.17. The van der Waals surface area contributed by atoms with Gasteiger partial charge in [0.2, 0.25) is 0 Å². The fraction of sp³-hybridized carbons (Fsp3) is 0.238. The number of benzene rings is 1. The van der Waals surface area contributed by atoms with Crippen molar-refractivity contribution in [3.8, 4) is 10.6 Å². The summed E-state index contributed by atoms with van der Waals surface area (Å²) in [5.41, 5.74) is 0.845. The summed E-state index contributed by atoms with van der Waals surface area (Å²) in [4.78, 5) is 22.0. The molecule has 0 aliphatic rings. The second-order valence-electron chi connectivity index (χ2n) is 6.14. The fourth-order valence-corrected chi connectivity index (χ4v) is 4.82. The summed E-state index contributed by atoms with van der Waals surface area (Å²) in [6.07, 6.45) is 1.53. The van der Waals surface area contributed by atoms with E-state index >= 15 is 0 Å². The second-order valence-corrected chi connectivity index (χ2v) is 9.20. The zero-order valence-corrected chi connectivity index (χ0v) is 18.4. The summed E-state index contributed by atoms with van der Waals surface area (Å²) < 4.78 is 26.2. The highest BCUT2D eigenvalue weighted by atomic mass is 32.2. The Hall–Kier alpha value is -2.91. The molecule has 0 saturated carbocycles. The van der Waals surface area contributed by atoms with Crippen LogP contribution in [0.3, 0.4) is 0 Å². The Labute approximate surface area is 179 Å². The maximum absolute atomic E-state index is 12.3. The Morgan fingerprint density at radius 3 is 2.53 bits per heavy atom. The molecule has 3 aromatic heterocycles. The van der Waals surface area contributed by atoms with Gasteiger partial charge in [0.25, 0.3) is 5.78 Å². The molecular weight excluding hydrogens is 420 g/mol. The standard InChI is InChI=1S/C19H16N4O3S2.C2H6/c24-14(9-12-28(25,26)15-5-2-1-3-6-15)13-18-21-19-20-10-8-16(23(19)22-18)17-7-4-11-27-17;1-2/h1-8,10-11H,9,12-13H2;1-2H3. The highest BCUT2D eigenvalue weighted by Crippen LogP contribution is 2.24. The quantitative estimate of drug-likeness (QED) is 0.431. The molecule has 0 bridgehead atoms. The van der Waals surface area contributed by atoms with E-state index in [0.29, 0.717) is 11.6 Å². The van der Waals surface area contributed by atoms with Crippen molar-refractivity contribution < 1.29 is 13.2 Å². The van der Waals surface area contributed by atoms with Crippen molar-refractivity contribution in [2.75, 3.05) is 5.75 Å². The van der Waals surface area contributed by atoms with Crippen molar-refractivity contribution in [3.05, 3.63) is 65.9 Å². The molecule has 0 aliphatic carbocycles. The van der Waals surface area contributed by atoms with Gasteiger partial charge in [-0.25, -0.2) is 13.4 Å². The van der Waals surface area contributed by atoms with E-state index in [2.05, 4.69) is 15.1 Å². The van der Waals surface area contributed by atoms with Gasteiger partial charge in [0.05, 0.1) is 27.6 Å². The summed E-state index contributed by atoms with van der Waals surface area (Å²) in [6, 6.07) is 13.9. The molecule has 7 nitrogen and oxygen atoms in total. The Balaban J connectivity index is 0.00000124. The topological polar surface area (TPSA) is 94.3 Å². The van der Waals surface area contributed by atoms with Crippen LogP contribution in [-0.4, -0.2) is 39.5 Å². The maximum atomic E-state index is 12.3. The third-order valence-corrected chi connectivity index (χ3v) is 6.79. The smallest absolute Gasteiger partial charge is 0.252 e. The molecule has 0 spiro atoms. The van der Waals surface area contributed by atoms with Crippen LogP contribution in [0.2, 0.25) is 0 Å². The number of aromatic nitrogens is 4. The Morgan fingerprint density at radius 2 is 1.83 bits per heavy atom. The van der Waals surface area contributed by atoms with E-state index in [0.717, 1.165) is 10.6 Å². The predicted octanol–water partition coefficient (Wildman–Crippen LogP) is 3.85. The SMILES string of the molecule is CC.O=C(CCS(=O)(=O)c1ccccc1)Cc1nc2nccc(-c3cccs3)n2n1. The van der Waals surface area contributed by atoms with Gasteiger partial charge in [-0.3, -0.25) is 4.79 Å². The van der Waals surface area contributed by atoms with Crippen molar-refractivity contribution in [1.82, 2.24) is 19.6 Å². The van der Waals surface area contributed by atoms with Crippen LogP contribution in [-0.2, 0) is 21.1 Å². The third kappa shape index (κ3) is 4.98.